The molecule has 100 valence electrons. The topological polar surface area (TPSA) is 46.3 Å². The predicted octanol–water partition coefficient (Wildman–Crippen LogP) is 3.09. The Morgan fingerprint density at radius 3 is 2.68 bits per heavy atom. The normalized spacial score (nSPS) is 12.1. The summed E-state index contributed by atoms with van der Waals surface area (Å²) in [6.07, 6.45) is 0.346. The summed E-state index contributed by atoms with van der Waals surface area (Å²) in [4.78, 5) is 15.2. The van der Waals surface area contributed by atoms with Gasteiger partial charge in [0.15, 0.2) is 0 Å². The highest BCUT2D eigenvalue weighted by molar-refractivity contribution is 7.10. The van der Waals surface area contributed by atoms with E-state index in [2.05, 4.69) is 6.07 Å². The quantitative estimate of drug-likeness (QED) is 0.871. The molecule has 1 heterocycles. The summed E-state index contributed by atoms with van der Waals surface area (Å²) in [5, 5.41) is 2.03. The second-order valence-corrected chi connectivity index (χ2v) is 5.55. The van der Waals surface area contributed by atoms with Crippen molar-refractivity contribution in [1.29, 1.82) is 0 Å². The van der Waals surface area contributed by atoms with Crippen LogP contribution in [0.5, 0.6) is 0 Å². The number of nitrogen functional groups attached to an aromatic ring is 1. The van der Waals surface area contributed by atoms with Gasteiger partial charge in [0.05, 0.1) is 12.5 Å². The summed E-state index contributed by atoms with van der Waals surface area (Å²) in [5.74, 6) is 0.0822. The van der Waals surface area contributed by atoms with Crippen LogP contribution in [0.15, 0.2) is 41.8 Å². The maximum atomic E-state index is 12.3. The van der Waals surface area contributed by atoms with Crippen molar-refractivity contribution in [3.8, 4) is 0 Å². The smallest absolute Gasteiger partial charge is 0.227 e. The molecule has 0 bridgehead atoms. The molecule has 3 nitrogen and oxygen atoms in total. The van der Waals surface area contributed by atoms with Gasteiger partial charge in [0.1, 0.15) is 0 Å². The molecule has 0 saturated carbocycles. The van der Waals surface area contributed by atoms with Gasteiger partial charge in [0.25, 0.3) is 0 Å². The third-order valence-electron chi connectivity index (χ3n) is 3.33. The number of benzene rings is 1. The lowest BCUT2D eigenvalue weighted by Crippen LogP contribution is -2.30. The lowest BCUT2D eigenvalue weighted by Gasteiger charge is -2.24. The minimum absolute atomic E-state index is 0.0822. The Balaban J connectivity index is 2.06. The molecule has 19 heavy (non-hydrogen) atoms. The van der Waals surface area contributed by atoms with Gasteiger partial charge in [0, 0.05) is 17.6 Å². The Labute approximate surface area is 117 Å². The number of hydrogen-bond donors (Lipinski definition) is 1. The number of nitrogens with two attached hydrogens (primary N) is 1. The maximum Gasteiger partial charge on any atom is 0.227 e. The zero-order valence-electron chi connectivity index (χ0n) is 11.2. The van der Waals surface area contributed by atoms with Crippen LogP contribution in [0.4, 0.5) is 5.69 Å². The molecule has 1 atom stereocenters. The fraction of sp³-hybridized carbons (Fsp3) is 0.267. The Hall–Kier alpha value is -1.81. The van der Waals surface area contributed by atoms with E-state index in [1.165, 1.54) is 4.88 Å². The second-order valence-electron chi connectivity index (χ2n) is 4.57. The van der Waals surface area contributed by atoms with Crippen LogP contribution < -0.4 is 5.73 Å². The van der Waals surface area contributed by atoms with Gasteiger partial charge in [-0.3, -0.25) is 4.79 Å². The molecular weight excluding hydrogens is 256 g/mol. The minimum Gasteiger partial charge on any atom is -0.398 e. The van der Waals surface area contributed by atoms with E-state index in [0.29, 0.717) is 12.1 Å². The number of anilines is 1. The van der Waals surface area contributed by atoms with Gasteiger partial charge in [-0.1, -0.05) is 24.3 Å². The number of hydrogen-bond acceptors (Lipinski definition) is 3. The van der Waals surface area contributed by atoms with Gasteiger partial charge in [-0.2, -0.15) is 0 Å². The second kappa shape index (κ2) is 5.89. The summed E-state index contributed by atoms with van der Waals surface area (Å²) in [7, 11) is 1.84. The number of likely N-dealkylation sites (N-methyl/N-ethyl adjacent to an activating group) is 1. The molecule has 0 aliphatic rings. The van der Waals surface area contributed by atoms with Crippen molar-refractivity contribution < 1.29 is 4.79 Å². The van der Waals surface area contributed by atoms with E-state index in [9.17, 15) is 4.79 Å². The molecular formula is C15H18N2OS. The fourth-order valence-corrected chi connectivity index (χ4v) is 2.75. The first-order chi connectivity index (χ1) is 9.09. The molecule has 0 aliphatic heterocycles. The van der Waals surface area contributed by atoms with E-state index >= 15 is 0 Å². The Morgan fingerprint density at radius 1 is 1.32 bits per heavy atom. The van der Waals surface area contributed by atoms with Crippen LogP contribution in [0.25, 0.3) is 0 Å². The van der Waals surface area contributed by atoms with Crippen LogP contribution in [-0.4, -0.2) is 17.9 Å². The fourth-order valence-electron chi connectivity index (χ4n) is 1.92. The summed E-state index contributed by atoms with van der Waals surface area (Å²) in [5.41, 5.74) is 7.43. The zero-order chi connectivity index (χ0) is 13.8. The van der Waals surface area contributed by atoms with Crippen molar-refractivity contribution in [2.24, 2.45) is 0 Å². The van der Waals surface area contributed by atoms with Crippen LogP contribution in [-0.2, 0) is 11.2 Å². The number of nitrogens with zero attached hydrogens (tertiary/aromatic N) is 1. The van der Waals surface area contributed by atoms with E-state index in [1.807, 2.05) is 49.7 Å². The summed E-state index contributed by atoms with van der Waals surface area (Å²) < 4.78 is 0. The molecule has 0 aliphatic carbocycles. The lowest BCUT2D eigenvalue weighted by atomic mass is 10.1. The average Bonchev–Trinajstić information content (AvgIpc) is 2.93. The van der Waals surface area contributed by atoms with Gasteiger partial charge in [-0.15, -0.1) is 11.3 Å². The molecule has 1 aromatic heterocycles. The number of carbonyl (C=O) groups excluding carboxylic acids is 1. The number of carbonyl (C=O) groups is 1. The lowest BCUT2D eigenvalue weighted by molar-refractivity contribution is -0.131. The molecule has 0 radical (unpaired) electrons. The minimum atomic E-state index is 0.0822. The summed E-state index contributed by atoms with van der Waals surface area (Å²) in [6.45, 7) is 2.04. The zero-order valence-corrected chi connectivity index (χ0v) is 12.0. The third-order valence-corrected chi connectivity index (χ3v) is 4.37. The summed E-state index contributed by atoms with van der Waals surface area (Å²) in [6, 6.07) is 11.7. The number of para-hydroxylation sites is 1. The van der Waals surface area contributed by atoms with Gasteiger partial charge in [-0.05, 0) is 30.0 Å². The van der Waals surface area contributed by atoms with Crippen molar-refractivity contribution in [2.45, 2.75) is 19.4 Å². The highest BCUT2D eigenvalue weighted by atomic mass is 32.1. The van der Waals surface area contributed by atoms with E-state index in [-0.39, 0.29) is 11.9 Å². The van der Waals surface area contributed by atoms with Crippen molar-refractivity contribution in [1.82, 2.24) is 4.90 Å². The SMILES string of the molecule is CC(c1cccs1)N(C)C(=O)Cc1ccccc1N. The molecule has 2 N–H and O–H groups in total. The Morgan fingerprint density at radius 2 is 2.05 bits per heavy atom. The van der Waals surface area contributed by atoms with E-state index in [4.69, 9.17) is 5.73 Å². The van der Waals surface area contributed by atoms with E-state index < -0.39 is 0 Å². The van der Waals surface area contributed by atoms with Crippen LogP contribution in [0.2, 0.25) is 0 Å². The first kappa shape index (κ1) is 13.6. The van der Waals surface area contributed by atoms with Crippen LogP contribution >= 0.6 is 11.3 Å². The van der Waals surface area contributed by atoms with Crippen LogP contribution in [0.1, 0.15) is 23.4 Å². The van der Waals surface area contributed by atoms with Gasteiger partial charge >= 0.3 is 0 Å². The van der Waals surface area contributed by atoms with Crippen molar-refractivity contribution >= 4 is 22.9 Å². The van der Waals surface area contributed by atoms with Gasteiger partial charge < -0.3 is 10.6 Å². The molecule has 0 spiro atoms. The standard InChI is InChI=1S/C15H18N2OS/c1-11(14-8-5-9-19-14)17(2)15(18)10-12-6-3-4-7-13(12)16/h3-9,11H,10,16H2,1-2H3. The number of amides is 1. The van der Waals surface area contributed by atoms with Crippen molar-refractivity contribution in [2.75, 3.05) is 12.8 Å². The van der Waals surface area contributed by atoms with Gasteiger partial charge in [0.2, 0.25) is 5.91 Å². The highest BCUT2D eigenvalue weighted by Gasteiger charge is 2.18. The van der Waals surface area contributed by atoms with Crippen LogP contribution in [0, 0.1) is 0 Å². The maximum absolute atomic E-state index is 12.3. The first-order valence-electron chi connectivity index (χ1n) is 6.22. The molecule has 0 fully saturated rings. The Kier molecular flexibility index (Phi) is 4.22. The van der Waals surface area contributed by atoms with Gasteiger partial charge in [-0.25, -0.2) is 0 Å². The molecule has 1 aromatic carbocycles. The highest BCUT2D eigenvalue weighted by Crippen LogP contribution is 2.24. The average molecular weight is 274 g/mol. The Bertz CT molecular complexity index is 551. The molecule has 4 heteroatoms. The predicted molar refractivity (Wildman–Crippen MR) is 80.1 cm³/mol. The van der Waals surface area contributed by atoms with Crippen LogP contribution in [0.3, 0.4) is 0 Å². The third kappa shape index (κ3) is 3.15. The largest absolute Gasteiger partial charge is 0.398 e. The molecule has 2 rings (SSSR count). The number of thiophene rings is 1. The van der Waals surface area contributed by atoms with E-state index in [0.717, 1.165) is 5.56 Å². The first-order valence-corrected chi connectivity index (χ1v) is 7.10. The van der Waals surface area contributed by atoms with E-state index in [1.54, 1.807) is 16.2 Å². The van der Waals surface area contributed by atoms with Crippen molar-refractivity contribution in [3.63, 3.8) is 0 Å². The molecule has 0 saturated heterocycles. The molecule has 1 unspecified atom stereocenters. The number of rotatable bonds is 4. The summed E-state index contributed by atoms with van der Waals surface area (Å²) >= 11 is 1.67. The molecule has 2 aromatic rings. The van der Waals surface area contributed by atoms with Crippen molar-refractivity contribution in [3.05, 3.63) is 52.2 Å². The molecule has 1 amide bonds. The monoisotopic (exact) mass is 274 g/mol.